The number of aryl methyl sites for hydroxylation is 2. The fourth-order valence-corrected chi connectivity index (χ4v) is 4.91. The largest absolute Gasteiger partial charge is 0.283 e. The third-order valence-corrected chi connectivity index (χ3v) is 6.88. The zero-order valence-electron chi connectivity index (χ0n) is 16.1. The van der Waals surface area contributed by atoms with Gasteiger partial charge in [-0.1, -0.05) is 47.5 Å². The van der Waals surface area contributed by atoms with Crippen molar-refractivity contribution in [2.75, 3.05) is 9.44 Å². The molecule has 3 rings (SSSR count). The highest BCUT2D eigenvalue weighted by molar-refractivity contribution is 7.92. The average Bonchev–Trinajstić information content (AvgIpc) is 2.65. The first-order valence-corrected chi connectivity index (χ1v) is 12.0. The molecule has 0 bridgehead atoms. The van der Waals surface area contributed by atoms with Crippen LogP contribution in [0.25, 0.3) is 0 Å². The monoisotopic (exact) mass is 430 g/mol. The normalized spacial score (nSPS) is 11.8. The zero-order valence-corrected chi connectivity index (χ0v) is 17.7. The van der Waals surface area contributed by atoms with Gasteiger partial charge in [0.1, 0.15) is 0 Å². The van der Waals surface area contributed by atoms with Crippen molar-refractivity contribution in [2.24, 2.45) is 0 Å². The fourth-order valence-electron chi connectivity index (χ4n) is 2.66. The maximum Gasteiger partial charge on any atom is 0.261 e. The minimum absolute atomic E-state index is 0.0413. The minimum Gasteiger partial charge on any atom is -0.283 e. The number of benzene rings is 3. The average molecular weight is 431 g/mol. The third kappa shape index (κ3) is 5.82. The van der Waals surface area contributed by atoms with Gasteiger partial charge in [0, 0.05) is 11.4 Å². The van der Waals surface area contributed by atoms with Crippen molar-refractivity contribution in [3.8, 4) is 0 Å². The van der Waals surface area contributed by atoms with Crippen LogP contribution in [0.3, 0.4) is 0 Å². The smallest absolute Gasteiger partial charge is 0.261 e. The highest BCUT2D eigenvalue weighted by Gasteiger charge is 2.16. The number of sulfonamides is 2. The van der Waals surface area contributed by atoms with Gasteiger partial charge in [0.25, 0.3) is 10.0 Å². The Hall–Kier alpha value is -2.84. The van der Waals surface area contributed by atoms with Gasteiger partial charge in [0.15, 0.2) is 0 Å². The van der Waals surface area contributed by atoms with Crippen LogP contribution in [0.1, 0.15) is 16.7 Å². The second-order valence-electron chi connectivity index (χ2n) is 6.84. The summed E-state index contributed by atoms with van der Waals surface area (Å²) in [6.07, 6.45) is 0. The van der Waals surface area contributed by atoms with E-state index in [0.717, 1.165) is 11.1 Å². The van der Waals surface area contributed by atoms with E-state index in [2.05, 4.69) is 9.44 Å². The summed E-state index contributed by atoms with van der Waals surface area (Å²) in [5, 5.41) is 0. The van der Waals surface area contributed by atoms with Crippen LogP contribution in [0.5, 0.6) is 0 Å². The molecular formula is C21H22N2O4S2. The maximum atomic E-state index is 12.5. The van der Waals surface area contributed by atoms with E-state index in [0.29, 0.717) is 16.9 Å². The van der Waals surface area contributed by atoms with Crippen LogP contribution in [-0.4, -0.2) is 16.8 Å². The van der Waals surface area contributed by atoms with E-state index in [1.54, 1.807) is 24.3 Å². The molecular weight excluding hydrogens is 408 g/mol. The topological polar surface area (TPSA) is 92.3 Å². The third-order valence-electron chi connectivity index (χ3n) is 4.22. The van der Waals surface area contributed by atoms with Gasteiger partial charge in [0.2, 0.25) is 10.0 Å². The standard InChI is InChI=1S/C21H22N2O4S2/c1-16-3-7-18(8-4-16)15-28(24,25)22-19-11-13-21(14-12-19)29(26,27)23-20-9-5-17(2)6-10-20/h3-14,22-23H,15H2,1-2H3. The van der Waals surface area contributed by atoms with Gasteiger partial charge in [-0.2, -0.15) is 0 Å². The van der Waals surface area contributed by atoms with Crippen molar-refractivity contribution >= 4 is 31.4 Å². The lowest BCUT2D eigenvalue weighted by Crippen LogP contribution is -2.16. The molecule has 3 aromatic carbocycles. The molecule has 0 aliphatic rings. The Labute approximate surface area is 171 Å². The molecule has 0 radical (unpaired) electrons. The molecule has 0 unspecified atom stereocenters. The van der Waals surface area contributed by atoms with Crippen molar-refractivity contribution in [1.82, 2.24) is 0 Å². The molecule has 0 atom stereocenters. The summed E-state index contributed by atoms with van der Waals surface area (Å²) in [7, 11) is -7.38. The number of nitrogens with one attached hydrogen (secondary N) is 2. The van der Waals surface area contributed by atoms with Crippen LogP contribution in [-0.2, 0) is 25.8 Å². The Bertz CT molecular complexity index is 1190. The van der Waals surface area contributed by atoms with E-state index in [4.69, 9.17) is 0 Å². The molecule has 0 heterocycles. The summed E-state index contributed by atoms with van der Waals surface area (Å²) in [4.78, 5) is 0.0413. The van der Waals surface area contributed by atoms with Gasteiger partial charge < -0.3 is 0 Å². The van der Waals surface area contributed by atoms with Gasteiger partial charge in [0.05, 0.1) is 10.6 Å². The van der Waals surface area contributed by atoms with E-state index < -0.39 is 20.0 Å². The van der Waals surface area contributed by atoms with E-state index >= 15 is 0 Å². The minimum atomic E-state index is -3.77. The number of anilines is 2. The molecule has 0 spiro atoms. The summed E-state index contributed by atoms with van der Waals surface area (Å²) in [5.74, 6) is -0.164. The predicted octanol–water partition coefficient (Wildman–Crippen LogP) is 4.05. The van der Waals surface area contributed by atoms with Gasteiger partial charge in [-0.3, -0.25) is 9.44 Å². The molecule has 0 aromatic heterocycles. The maximum absolute atomic E-state index is 12.5. The lowest BCUT2D eigenvalue weighted by atomic mass is 10.2. The molecule has 2 N–H and O–H groups in total. The van der Waals surface area contributed by atoms with Crippen LogP contribution in [0.2, 0.25) is 0 Å². The Kier molecular flexibility index (Phi) is 5.95. The van der Waals surface area contributed by atoms with Crippen LogP contribution >= 0.6 is 0 Å². The highest BCUT2D eigenvalue weighted by Crippen LogP contribution is 2.20. The van der Waals surface area contributed by atoms with Crippen molar-refractivity contribution in [1.29, 1.82) is 0 Å². The predicted molar refractivity (Wildman–Crippen MR) is 116 cm³/mol. The molecule has 3 aromatic rings. The van der Waals surface area contributed by atoms with Gasteiger partial charge in [-0.25, -0.2) is 16.8 Å². The van der Waals surface area contributed by atoms with Crippen LogP contribution < -0.4 is 9.44 Å². The van der Waals surface area contributed by atoms with E-state index in [9.17, 15) is 16.8 Å². The van der Waals surface area contributed by atoms with Crippen LogP contribution in [0, 0.1) is 13.8 Å². The van der Waals surface area contributed by atoms with Gasteiger partial charge >= 0.3 is 0 Å². The molecule has 0 aliphatic carbocycles. The molecule has 8 heteroatoms. The molecule has 0 saturated carbocycles. The number of rotatable bonds is 7. The van der Waals surface area contributed by atoms with Crippen LogP contribution in [0.15, 0.2) is 77.7 Å². The fraction of sp³-hybridized carbons (Fsp3) is 0.143. The van der Waals surface area contributed by atoms with Gasteiger partial charge in [-0.15, -0.1) is 0 Å². The molecule has 6 nitrogen and oxygen atoms in total. The van der Waals surface area contributed by atoms with Crippen molar-refractivity contribution in [3.63, 3.8) is 0 Å². The Morgan fingerprint density at radius 2 is 1.07 bits per heavy atom. The zero-order chi connectivity index (χ0) is 21.1. The molecule has 0 amide bonds. The Morgan fingerprint density at radius 1 is 0.621 bits per heavy atom. The number of hydrogen-bond donors (Lipinski definition) is 2. The quantitative estimate of drug-likeness (QED) is 0.592. The summed E-state index contributed by atoms with van der Waals surface area (Å²) in [6.45, 7) is 3.84. The molecule has 29 heavy (non-hydrogen) atoms. The lowest BCUT2D eigenvalue weighted by Gasteiger charge is -2.11. The number of hydrogen-bond acceptors (Lipinski definition) is 4. The Balaban J connectivity index is 1.70. The first kappa shape index (κ1) is 20.9. The molecule has 0 aliphatic heterocycles. The van der Waals surface area contributed by atoms with E-state index in [1.807, 2.05) is 38.1 Å². The van der Waals surface area contributed by atoms with Crippen molar-refractivity contribution in [3.05, 3.63) is 89.5 Å². The van der Waals surface area contributed by atoms with Crippen molar-refractivity contribution < 1.29 is 16.8 Å². The SMILES string of the molecule is Cc1ccc(CS(=O)(=O)Nc2ccc(S(=O)(=O)Nc3ccc(C)cc3)cc2)cc1. The summed E-state index contributed by atoms with van der Waals surface area (Å²) in [6, 6.07) is 19.8. The molecule has 152 valence electrons. The Morgan fingerprint density at radius 3 is 1.62 bits per heavy atom. The van der Waals surface area contributed by atoms with Crippen molar-refractivity contribution in [2.45, 2.75) is 24.5 Å². The summed E-state index contributed by atoms with van der Waals surface area (Å²) >= 11 is 0. The van der Waals surface area contributed by atoms with Gasteiger partial charge in [-0.05, 0) is 55.8 Å². The lowest BCUT2D eigenvalue weighted by molar-refractivity contribution is 0.599. The second kappa shape index (κ2) is 8.26. The molecule has 0 fully saturated rings. The van der Waals surface area contributed by atoms with E-state index in [1.165, 1.54) is 24.3 Å². The van der Waals surface area contributed by atoms with E-state index in [-0.39, 0.29) is 10.6 Å². The summed E-state index contributed by atoms with van der Waals surface area (Å²) < 4.78 is 54.7. The second-order valence-corrected chi connectivity index (χ2v) is 10.2. The molecule has 0 saturated heterocycles. The van der Waals surface area contributed by atoms with Crippen LogP contribution in [0.4, 0.5) is 11.4 Å². The first-order valence-electron chi connectivity index (χ1n) is 8.89. The summed E-state index contributed by atoms with van der Waals surface area (Å²) in [5.41, 5.74) is 3.50. The first-order chi connectivity index (χ1) is 13.6. The highest BCUT2D eigenvalue weighted by atomic mass is 32.2.